The van der Waals surface area contributed by atoms with E-state index in [0.29, 0.717) is 21.5 Å². The predicted octanol–water partition coefficient (Wildman–Crippen LogP) is 1.79. The Hall–Kier alpha value is -2.40. The highest BCUT2D eigenvalue weighted by Gasteiger charge is 2.07. The van der Waals surface area contributed by atoms with Crippen molar-refractivity contribution in [1.82, 2.24) is 14.8 Å². The molecule has 0 aliphatic heterocycles. The van der Waals surface area contributed by atoms with E-state index in [0.717, 1.165) is 0 Å². The van der Waals surface area contributed by atoms with Crippen molar-refractivity contribution in [3.8, 4) is 0 Å². The number of halogens is 1. The van der Waals surface area contributed by atoms with Crippen molar-refractivity contribution in [2.24, 2.45) is 0 Å². The second-order valence-corrected chi connectivity index (χ2v) is 4.78. The summed E-state index contributed by atoms with van der Waals surface area (Å²) in [4.78, 5) is 28.4. The average Bonchev–Trinajstić information content (AvgIpc) is 2.45. The van der Waals surface area contributed by atoms with Gasteiger partial charge in [0.05, 0.1) is 23.0 Å². The van der Waals surface area contributed by atoms with Gasteiger partial charge in [0.2, 0.25) is 0 Å². The van der Waals surface area contributed by atoms with Crippen LogP contribution in [0.1, 0.15) is 5.69 Å². The maximum absolute atomic E-state index is 12.3. The van der Waals surface area contributed by atoms with E-state index < -0.39 is 0 Å². The molecule has 0 aliphatic carbocycles. The Morgan fingerprint density at radius 3 is 2.65 bits per heavy atom. The zero-order chi connectivity index (χ0) is 14.1. The van der Waals surface area contributed by atoms with Crippen molar-refractivity contribution in [2.75, 3.05) is 0 Å². The van der Waals surface area contributed by atoms with Gasteiger partial charge in [-0.25, -0.2) is 4.68 Å². The molecule has 3 aromatic rings. The highest BCUT2D eigenvalue weighted by atomic mass is 35.5. The summed E-state index contributed by atoms with van der Waals surface area (Å²) in [5.41, 5.74) is 0.0368. The van der Waals surface area contributed by atoms with Gasteiger partial charge < -0.3 is 0 Å². The largest absolute Gasteiger partial charge is 0.273 e. The zero-order valence-electron chi connectivity index (χ0n) is 10.3. The lowest BCUT2D eigenvalue weighted by Gasteiger charge is -2.06. The summed E-state index contributed by atoms with van der Waals surface area (Å²) in [6, 6.07) is 10.0. The molecule has 0 amide bonds. The van der Waals surface area contributed by atoms with Crippen LogP contribution in [-0.2, 0) is 6.54 Å². The monoisotopic (exact) mass is 287 g/mol. The topological polar surface area (TPSA) is 67.8 Å². The third kappa shape index (κ3) is 2.23. The lowest BCUT2D eigenvalue weighted by atomic mass is 10.2. The molecule has 0 aliphatic rings. The number of H-pyrrole nitrogens is 1. The van der Waals surface area contributed by atoms with E-state index in [2.05, 4.69) is 10.1 Å². The van der Waals surface area contributed by atoms with Gasteiger partial charge in [-0.15, -0.1) is 0 Å². The van der Waals surface area contributed by atoms with Crippen LogP contribution in [0.5, 0.6) is 0 Å². The highest BCUT2D eigenvalue weighted by molar-refractivity contribution is 6.30. The molecule has 5 nitrogen and oxygen atoms in total. The van der Waals surface area contributed by atoms with Crippen LogP contribution >= 0.6 is 11.6 Å². The molecule has 0 radical (unpaired) electrons. The van der Waals surface area contributed by atoms with E-state index >= 15 is 0 Å². The van der Waals surface area contributed by atoms with Crippen molar-refractivity contribution < 1.29 is 0 Å². The fraction of sp³-hybridized carbons (Fsp3) is 0.0714. The number of nitrogens with zero attached hydrogens (tertiary/aromatic N) is 2. The Kier molecular flexibility index (Phi) is 3.12. The van der Waals surface area contributed by atoms with Gasteiger partial charge >= 0.3 is 0 Å². The van der Waals surface area contributed by atoms with Gasteiger partial charge in [-0.1, -0.05) is 23.7 Å². The van der Waals surface area contributed by atoms with Gasteiger partial charge in [0.15, 0.2) is 0 Å². The number of aromatic nitrogens is 3. The van der Waals surface area contributed by atoms with Crippen LogP contribution in [0.2, 0.25) is 5.02 Å². The molecule has 1 N–H and O–H groups in total. The number of hydrogen-bond acceptors (Lipinski definition) is 3. The number of benzene rings is 1. The van der Waals surface area contributed by atoms with Crippen molar-refractivity contribution in [1.29, 1.82) is 0 Å². The van der Waals surface area contributed by atoms with Gasteiger partial charge in [-0.05, 0) is 24.3 Å². The lowest BCUT2D eigenvalue weighted by molar-refractivity contribution is 0.626. The van der Waals surface area contributed by atoms with Gasteiger partial charge in [0.1, 0.15) is 0 Å². The molecule has 0 atom stereocenters. The predicted molar refractivity (Wildman–Crippen MR) is 77.2 cm³/mol. The standard InChI is InChI=1S/C14H10ClN3O2/c15-9-5-6-16-10(7-9)8-18-14(20)12-4-2-1-3-11(12)13(19)17-18/h1-7H,8H2,(H,17,19). The van der Waals surface area contributed by atoms with E-state index in [-0.39, 0.29) is 17.7 Å². The second-order valence-electron chi connectivity index (χ2n) is 4.34. The molecule has 0 saturated carbocycles. The minimum absolute atomic E-state index is 0.166. The van der Waals surface area contributed by atoms with Crippen LogP contribution in [0.3, 0.4) is 0 Å². The quantitative estimate of drug-likeness (QED) is 0.781. The minimum Gasteiger partial charge on any atom is -0.267 e. The minimum atomic E-state index is -0.303. The summed E-state index contributed by atoms with van der Waals surface area (Å²) in [6.07, 6.45) is 1.56. The van der Waals surface area contributed by atoms with Gasteiger partial charge in [-0.2, -0.15) is 0 Å². The van der Waals surface area contributed by atoms with Gasteiger partial charge in [0.25, 0.3) is 11.1 Å². The molecule has 0 bridgehead atoms. The third-order valence-electron chi connectivity index (χ3n) is 2.98. The molecule has 0 spiro atoms. The van der Waals surface area contributed by atoms with E-state index in [1.807, 2.05) is 0 Å². The van der Waals surface area contributed by atoms with E-state index in [1.165, 1.54) is 4.68 Å². The first-order chi connectivity index (χ1) is 9.65. The molecule has 6 heteroatoms. The Labute approximate surface area is 118 Å². The first-order valence-electron chi connectivity index (χ1n) is 5.97. The van der Waals surface area contributed by atoms with E-state index in [4.69, 9.17) is 11.6 Å². The number of pyridine rings is 1. The molecule has 0 unspecified atom stereocenters. The van der Waals surface area contributed by atoms with Crippen LogP contribution in [0.15, 0.2) is 52.2 Å². The first-order valence-corrected chi connectivity index (χ1v) is 6.35. The van der Waals surface area contributed by atoms with Crippen molar-refractivity contribution in [3.05, 3.63) is 74.0 Å². The summed E-state index contributed by atoms with van der Waals surface area (Å²) in [7, 11) is 0. The second kappa shape index (κ2) is 4.94. The van der Waals surface area contributed by atoms with Crippen LogP contribution in [0, 0.1) is 0 Å². The Bertz CT molecular complexity index is 899. The Morgan fingerprint density at radius 1 is 1.15 bits per heavy atom. The molecule has 1 aromatic carbocycles. The fourth-order valence-electron chi connectivity index (χ4n) is 2.06. The summed E-state index contributed by atoms with van der Waals surface area (Å²) >= 11 is 5.88. The van der Waals surface area contributed by atoms with Crippen LogP contribution in [0.4, 0.5) is 0 Å². The summed E-state index contributed by atoms with van der Waals surface area (Å²) < 4.78 is 1.24. The van der Waals surface area contributed by atoms with Gasteiger partial charge in [-0.3, -0.25) is 19.7 Å². The first kappa shape index (κ1) is 12.6. The molecular weight excluding hydrogens is 278 g/mol. The lowest BCUT2D eigenvalue weighted by Crippen LogP contribution is -2.30. The number of rotatable bonds is 2. The number of nitrogens with one attached hydrogen (secondary N) is 1. The molecule has 20 heavy (non-hydrogen) atoms. The molecule has 0 saturated heterocycles. The maximum atomic E-state index is 12.3. The number of fused-ring (bicyclic) bond motifs is 1. The highest BCUT2D eigenvalue weighted by Crippen LogP contribution is 2.08. The Balaban J connectivity index is 2.16. The van der Waals surface area contributed by atoms with E-state index in [1.54, 1.807) is 42.6 Å². The SMILES string of the molecule is O=c1[nH]n(Cc2cc(Cl)ccn2)c(=O)c2ccccc12. The zero-order valence-corrected chi connectivity index (χ0v) is 11.1. The van der Waals surface area contributed by atoms with E-state index in [9.17, 15) is 9.59 Å². The van der Waals surface area contributed by atoms with Crippen molar-refractivity contribution in [2.45, 2.75) is 6.54 Å². The molecule has 3 rings (SSSR count). The molecular formula is C14H10ClN3O2. The number of aromatic amines is 1. The molecule has 2 aromatic heterocycles. The van der Waals surface area contributed by atoms with Gasteiger partial charge in [0, 0.05) is 11.2 Å². The summed E-state index contributed by atoms with van der Waals surface area (Å²) in [5.74, 6) is 0. The maximum Gasteiger partial charge on any atom is 0.273 e. The van der Waals surface area contributed by atoms with Crippen molar-refractivity contribution in [3.63, 3.8) is 0 Å². The summed E-state index contributed by atoms with van der Waals surface area (Å²) in [5, 5.41) is 3.86. The molecule has 0 fully saturated rings. The molecule has 100 valence electrons. The smallest absolute Gasteiger partial charge is 0.267 e. The van der Waals surface area contributed by atoms with Crippen LogP contribution < -0.4 is 11.1 Å². The van der Waals surface area contributed by atoms with Crippen molar-refractivity contribution >= 4 is 22.4 Å². The van der Waals surface area contributed by atoms with Crippen LogP contribution in [0.25, 0.3) is 10.8 Å². The fourth-order valence-corrected chi connectivity index (χ4v) is 2.24. The Morgan fingerprint density at radius 2 is 1.90 bits per heavy atom. The average molecular weight is 288 g/mol. The van der Waals surface area contributed by atoms with Crippen LogP contribution in [-0.4, -0.2) is 14.8 Å². The number of hydrogen-bond donors (Lipinski definition) is 1. The normalized spacial score (nSPS) is 10.8. The molecule has 2 heterocycles. The summed E-state index contributed by atoms with van der Waals surface area (Å²) in [6.45, 7) is 0.166. The third-order valence-corrected chi connectivity index (χ3v) is 3.22.